The van der Waals surface area contributed by atoms with Gasteiger partial charge in [-0.25, -0.2) is 4.79 Å². The molecule has 2 rings (SSSR count). The number of carbonyl (C=O) groups excluding carboxylic acids is 2. The van der Waals surface area contributed by atoms with Crippen LogP contribution >= 0.6 is 0 Å². The number of nitrogens with one attached hydrogen (secondary N) is 2. The second-order valence-corrected chi connectivity index (χ2v) is 9.29. The van der Waals surface area contributed by atoms with Gasteiger partial charge in [-0.15, -0.1) is 0 Å². The smallest absolute Gasteiger partial charge is 0.342 e. The summed E-state index contributed by atoms with van der Waals surface area (Å²) >= 11 is 0. The largest absolute Gasteiger partial charge is 0.357 e. The zero-order valence-electron chi connectivity index (χ0n) is 17.4. The van der Waals surface area contributed by atoms with E-state index in [0.29, 0.717) is 0 Å². The topological polar surface area (TPSA) is 79.3 Å². The standard InChI is InChI=1S/C19H33N5O2/c1-18(2,3)14-12-11-23(8)10-9-13(12)24(22-14)17(26)21-15(16(25)20-7)19(4,5)6/h15H,9-11H2,1-8H3,(H,20,25)(H,21,26)/t15-/m1/s1. The summed E-state index contributed by atoms with van der Waals surface area (Å²) in [5, 5.41) is 10.2. The molecule has 0 bridgehead atoms. The maximum absolute atomic E-state index is 13.0. The van der Waals surface area contributed by atoms with Crippen LogP contribution in [-0.2, 0) is 23.2 Å². The SMILES string of the molecule is CNC(=O)[C@@H](NC(=O)n1nc(C(C)(C)C)c2c1CCN(C)C2)C(C)(C)C. The van der Waals surface area contributed by atoms with E-state index in [2.05, 4.69) is 48.5 Å². The lowest BCUT2D eigenvalue weighted by atomic mass is 9.86. The van der Waals surface area contributed by atoms with Gasteiger partial charge in [0.15, 0.2) is 0 Å². The van der Waals surface area contributed by atoms with Gasteiger partial charge in [0.25, 0.3) is 0 Å². The lowest BCUT2D eigenvalue weighted by Crippen LogP contribution is -2.54. The molecule has 0 saturated carbocycles. The quantitative estimate of drug-likeness (QED) is 0.841. The van der Waals surface area contributed by atoms with E-state index in [9.17, 15) is 9.59 Å². The van der Waals surface area contributed by atoms with Crippen molar-refractivity contribution in [2.75, 3.05) is 20.6 Å². The highest BCUT2D eigenvalue weighted by Gasteiger charge is 2.35. The molecule has 1 aromatic rings. The maximum Gasteiger partial charge on any atom is 0.342 e. The molecule has 1 aliphatic rings. The number of hydrogen-bond acceptors (Lipinski definition) is 4. The van der Waals surface area contributed by atoms with E-state index in [-0.39, 0.29) is 17.4 Å². The Labute approximate surface area is 156 Å². The van der Waals surface area contributed by atoms with Gasteiger partial charge in [0.1, 0.15) is 6.04 Å². The first-order valence-corrected chi connectivity index (χ1v) is 9.18. The van der Waals surface area contributed by atoms with Crippen LogP contribution in [0.25, 0.3) is 0 Å². The lowest BCUT2D eigenvalue weighted by molar-refractivity contribution is -0.124. The minimum atomic E-state index is -0.635. The Bertz CT molecular complexity index is 694. The number of amides is 2. The van der Waals surface area contributed by atoms with E-state index in [0.717, 1.165) is 36.5 Å². The highest BCUT2D eigenvalue weighted by molar-refractivity contribution is 5.88. The Balaban J connectivity index is 2.42. The third-order valence-corrected chi connectivity index (χ3v) is 4.79. The van der Waals surface area contributed by atoms with Gasteiger partial charge in [0.05, 0.1) is 11.4 Å². The molecule has 2 amide bonds. The van der Waals surface area contributed by atoms with Crippen LogP contribution in [-0.4, -0.2) is 53.3 Å². The normalized spacial score (nSPS) is 16.8. The van der Waals surface area contributed by atoms with Crippen molar-refractivity contribution in [2.24, 2.45) is 5.41 Å². The van der Waals surface area contributed by atoms with Gasteiger partial charge in [-0.3, -0.25) is 4.79 Å². The Morgan fingerprint density at radius 2 is 1.77 bits per heavy atom. The van der Waals surface area contributed by atoms with Gasteiger partial charge >= 0.3 is 6.03 Å². The zero-order valence-corrected chi connectivity index (χ0v) is 17.4. The molecule has 0 unspecified atom stereocenters. The molecule has 0 spiro atoms. The molecule has 0 saturated heterocycles. The molecule has 1 aliphatic heterocycles. The molecular weight excluding hydrogens is 330 g/mol. The fraction of sp³-hybridized carbons (Fsp3) is 0.737. The molecule has 0 aliphatic carbocycles. The van der Waals surface area contributed by atoms with Crippen molar-refractivity contribution in [3.8, 4) is 0 Å². The first-order chi connectivity index (χ1) is 11.9. The molecule has 0 aromatic carbocycles. The highest BCUT2D eigenvalue weighted by Crippen LogP contribution is 2.30. The van der Waals surface area contributed by atoms with Crippen LogP contribution in [0.1, 0.15) is 58.5 Å². The van der Waals surface area contributed by atoms with Gasteiger partial charge in [-0.1, -0.05) is 41.5 Å². The van der Waals surface area contributed by atoms with Gasteiger partial charge < -0.3 is 15.5 Å². The molecule has 2 heterocycles. The second kappa shape index (κ2) is 7.02. The zero-order chi connectivity index (χ0) is 19.9. The fourth-order valence-corrected chi connectivity index (χ4v) is 3.33. The number of carbonyl (C=O) groups is 2. The number of hydrogen-bond donors (Lipinski definition) is 2. The summed E-state index contributed by atoms with van der Waals surface area (Å²) in [6.07, 6.45) is 0.766. The van der Waals surface area contributed by atoms with Crippen LogP contribution in [0.5, 0.6) is 0 Å². The van der Waals surface area contributed by atoms with Gasteiger partial charge in [0.2, 0.25) is 5.91 Å². The van der Waals surface area contributed by atoms with Crippen LogP contribution in [0.2, 0.25) is 0 Å². The van der Waals surface area contributed by atoms with Crippen molar-refractivity contribution in [2.45, 2.75) is 66.0 Å². The van der Waals surface area contributed by atoms with E-state index < -0.39 is 11.5 Å². The Morgan fingerprint density at radius 1 is 1.15 bits per heavy atom. The molecule has 7 heteroatoms. The van der Waals surface area contributed by atoms with Gasteiger partial charge in [-0.2, -0.15) is 9.78 Å². The third-order valence-electron chi connectivity index (χ3n) is 4.79. The predicted octanol–water partition coefficient (Wildman–Crippen LogP) is 1.89. The molecule has 26 heavy (non-hydrogen) atoms. The Hall–Kier alpha value is -1.89. The van der Waals surface area contributed by atoms with Crippen LogP contribution in [0.15, 0.2) is 0 Å². The van der Waals surface area contributed by atoms with E-state index >= 15 is 0 Å². The lowest BCUT2D eigenvalue weighted by Gasteiger charge is -2.30. The van der Waals surface area contributed by atoms with E-state index in [1.807, 2.05) is 20.8 Å². The number of likely N-dealkylation sites (N-methyl/N-ethyl adjacent to an activating group) is 2. The molecule has 7 nitrogen and oxygen atoms in total. The summed E-state index contributed by atoms with van der Waals surface area (Å²) < 4.78 is 1.48. The van der Waals surface area contributed by atoms with Crippen molar-refractivity contribution >= 4 is 11.9 Å². The van der Waals surface area contributed by atoms with Crippen molar-refractivity contribution < 1.29 is 9.59 Å². The van der Waals surface area contributed by atoms with Crippen molar-refractivity contribution in [3.63, 3.8) is 0 Å². The van der Waals surface area contributed by atoms with E-state index in [1.165, 1.54) is 4.68 Å². The number of fused-ring (bicyclic) bond motifs is 1. The molecule has 0 fully saturated rings. The minimum Gasteiger partial charge on any atom is -0.357 e. The fourth-order valence-electron chi connectivity index (χ4n) is 3.33. The van der Waals surface area contributed by atoms with Crippen LogP contribution in [0.3, 0.4) is 0 Å². The van der Waals surface area contributed by atoms with Gasteiger partial charge in [0, 0.05) is 37.5 Å². The minimum absolute atomic E-state index is 0.155. The molecule has 0 radical (unpaired) electrons. The average Bonchev–Trinajstić information content (AvgIpc) is 2.89. The molecule has 1 aromatic heterocycles. The van der Waals surface area contributed by atoms with Gasteiger partial charge in [-0.05, 0) is 12.5 Å². The molecule has 2 N–H and O–H groups in total. The summed E-state index contributed by atoms with van der Waals surface area (Å²) in [5.74, 6) is -0.206. The van der Waals surface area contributed by atoms with Crippen molar-refractivity contribution in [1.29, 1.82) is 0 Å². The highest BCUT2D eigenvalue weighted by atomic mass is 16.2. The van der Waals surface area contributed by atoms with E-state index in [4.69, 9.17) is 0 Å². The monoisotopic (exact) mass is 363 g/mol. The molecule has 146 valence electrons. The van der Waals surface area contributed by atoms with Crippen LogP contribution in [0.4, 0.5) is 4.79 Å². The van der Waals surface area contributed by atoms with E-state index in [1.54, 1.807) is 7.05 Å². The maximum atomic E-state index is 13.0. The first kappa shape index (κ1) is 20.4. The summed E-state index contributed by atoms with van der Waals surface area (Å²) in [4.78, 5) is 27.5. The summed E-state index contributed by atoms with van der Waals surface area (Å²) in [6.45, 7) is 13.8. The molecule has 1 atom stereocenters. The Kier molecular flexibility index (Phi) is 5.52. The number of rotatable bonds is 2. The molecular formula is C19H33N5O2. The van der Waals surface area contributed by atoms with Crippen LogP contribution in [0, 0.1) is 5.41 Å². The van der Waals surface area contributed by atoms with Crippen molar-refractivity contribution in [1.82, 2.24) is 25.3 Å². The Morgan fingerprint density at radius 3 is 2.27 bits per heavy atom. The predicted molar refractivity (Wildman–Crippen MR) is 102 cm³/mol. The average molecular weight is 364 g/mol. The summed E-state index contributed by atoms with van der Waals surface area (Å²) in [7, 11) is 3.66. The second-order valence-electron chi connectivity index (χ2n) is 9.29. The number of aromatic nitrogens is 2. The third kappa shape index (κ3) is 4.09. The summed E-state index contributed by atoms with van der Waals surface area (Å²) in [6, 6.07) is -0.978. The van der Waals surface area contributed by atoms with Crippen LogP contribution < -0.4 is 10.6 Å². The summed E-state index contributed by atoms with van der Waals surface area (Å²) in [5.41, 5.74) is 2.47. The van der Waals surface area contributed by atoms with Crippen molar-refractivity contribution in [3.05, 3.63) is 17.0 Å². The number of nitrogens with zero attached hydrogens (tertiary/aromatic N) is 3. The first-order valence-electron chi connectivity index (χ1n) is 9.18.